The zero-order valence-corrected chi connectivity index (χ0v) is 14.2. The van der Waals surface area contributed by atoms with Gasteiger partial charge in [-0.2, -0.15) is 0 Å². The normalized spacial score (nSPS) is 10.8. The molecule has 6 heteroatoms. The minimum Gasteiger partial charge on any atom is -0.399 e. The zero-order chi connectivity index (χ0) is 15.0. The van der Waals surface area contributed by atoms with Crippen LogP contribution in [0.3, 0.4) is 0 Å². The number of nitrogens with two attached hydrogens (primary N) is 1. The Bertz CT molecular complexity index is 441. The molecule has 0 radical (unpaired) electrons. The highest BCUT2D eigenvalue weighted by Crippen LogP contribution is 2.28. The molecule has 0 fully saturated rings. The Balaban J connectivity index is 2.19. The van der Waals surface area contributed by atoms with Crippen LogP contribution >= 0.6 is 27.7 Å². The third kappa shape index (κ3) is 7.17. The second kappa shape index (κ2) is 9.26. The number of benzene rings is 1. The summed E-state index contributed by atoms with van der Waals surface area (Å²) in [6.07, 6.45) is 1.07. The van der Waals surface area contributed by atoms with Gasteiger partial charge in [-0.15, -0.1) is 11.8 Å². The number of hydrogen-bond acceptors (Lipinski definition) is 4. The molecule has 1 aromatic carbocycles. The Morgan fingerprint density at radius 1 is 1.50 bits per heavy atom. The molecule has 1 amide bonds. The standard InChI is InChI=1S/C14H21BrN2O2S/c1-10(2)19-7-3-6-17-14(18)9-20-13-5-4-11(16)8-12(13)15/h4-5,8,10H,3,6-7,9,16H2,1-2H3,(H,17,18). The lowest BCUT2D eigenvalue weighted by Gasteiger charge is -2.08. The van der Waals surface area contributed by atoms with Gasteiger partial charge in [-0.1, -0.05) is 0 Å². The second-order valence-corrected chi connectivity index (χ2v) is 6.47. The van der Waals surface area contributed by atoms with Crippen LogP contribution in [0.1, 0.15) is 20.3 Å². The van der Waals surface area contributed by atoms with Gasteiger partial charge in [0.25, 0.3) is 0 Å². The van der Waals surface area contributed by atoms with Crippen LogP contribution in [-0.2, 0) is 9.53 Å². The molecule has 0 aromatic heterocycles. The van der Waals surface area contributed by atoms with E-state index in [0.29, 0.717) is 24.6 Å². The van der Waals surface area contributed by atoms with Crippen LogP contribution in [0.15, 0.2) is 27.6 Å². The number of thioether (sulfide) groups is 1. The summed E-state index contributed by atoms with van der Waals surface area (Å²) in [5, 5.41) is 2.88. The fourth-order valence-corrected chi connectivity index (χ4v) is 2.94. The lowest BCUT2D eigenvalue weighted by Crippen LogP contribution is -2.27. The Morgan fingerprint density at radius 2 is 2.25 bits per heavy atom. The number of carbonyl (C=O) groups excluding carboxylic acids is 1. The highest BCUT2D eigenvalue weighted by Gasteiger charge is 2.05. The van der Waals surface area contributed by atoms with Crippen LogP contribution in [0.25, 0.3) is 0 Å². The van der Waals surface area contributed by atoms with Gasteiger partial charge in [0.05, 0.1) is 11.9 Å². The second-order valence-electron chi connectivity index (χ2n) is 4.60. The van der Waals surface area contributed by atoms with Crippen molar-refractivity contribution in [1.29, 1.82) is 0 Å². The first-order valence-electron chi connectivity index (χ1n) is 6.55. The van der Waals surface area contributed by atoms with Gasteiger partial charge in [0.15, 0.2) is 0 Å². The summed E-state index contributed by atoms with van der Waals surface area (Å²) in [6.45, 7) is 5.32. The predicted octanol–water partition coefficient (Wildman–Crippen LogP) is 3.05. The number of anilines is 1. The molecule has 0 bridgehead atoms. The summed E-state index contributed by atoms with van der Waals surface area (Å²) in [6, 6.07) is 5.57. The number of nitrogen functional groups attached to an aromatic ring is 1. The van der Waals surface area contributed by atoms with E-state index in [0.717, 1.165) is 15.8 Å². The van der Waals surface area contributed by atoms with E-state index in [1.165, 1.54) is 11.8 Å². The molecule has 0 aliphatic rings. The number of amides is 1. The highest BCUT2D eigenvalue weighted by atomic mass is 79.9. The fourth-order valence-electron chi connectivity index (χ4n) is 1.45. The smallest absolute Gasteiger partial charge is 0.230 e. The minimum absolute atomic E-state index is 0.0308. The topological polar surface area (TPSA) is 64.3 Å². The van der Waals surface area contributed by atoms with Crippen molar-refractivity contribution in [3.63, 3.8) is 0 Å². The Morgan fingerprint density at radius 3 is 2.90 bits per heavy atom. The molecule has 0 spiro atoms. The van der Waals surface area contributed by atoms with Gasteiger partial charge in [-0.25, -0.2) is 0 Å². The Labute approximate surface area is 133 Å². The summed E-state index contributed by atoms with van der Waals surface area (Å²) in [7, 11) is 0. The minimum atomic E-state index is 0.0308. The van der Waals surface area contributed by atoms with Crippen molar-refractivity contribution in [2.45, 2.75) is 31.3 Å². The van der Waals surface area contributed by atoms with Crippen LogP contribution in [0.2, 0.25) is 0 Å². The maximum atomic E-state index is 11.7. The van der Waals surface area contributed by atoms with E-state index in [2.05, 4.69) is 21.2 Å². The summed E-state index contributed by atoms with van der Waals surface area (Å²) in [4.78, 5) is 12.7. The molecule has 1 aromatic rings. The van der Waals surface area contributed by atoms with Crippen molar-refractivity contribution in [3.05, 3.63) is 22.7 Å². The average molecular weight is 361 g/mol. The number of ether oxygens (including phenoxy) is 1. The predicted molar refractivity (Wildman–Crippen MR) is 88.0 cm³/mol. The number of hydrogen-bond donors (Lipinski definition) is 2. The summed E-state index contributed by atoms with van der Waals surface area (Å²) >= 11 is 4.92. The molecule has 0 aliphatic heterocycles. The third-order valence-corrected chi connectivity index (χ3v) is 4.40. The number of nitrogens with one attached hydrogen (secondary N) is 1. The molecule has 0 unspecified atom stereocenters. The van der Waals surface area contributed by atoms with Gasteiger partial charge in [-0.3, -0.25) is 4.79 Å². The van der Waals surface area contributed by atoms with Crippen LogP contribution < -0.4 is 11.1 Å². The number of halogens is 1. The van der Waals surface area contributed by atoms with Crippen molar-refractivity contribution in [2.24, 2.45) is 0 Å². The molecule has 4 nitrogen and oxygen atoms in total. The van der Waals surface area contributed by atoms with Gasteiger partial charge in [0.1, 0.15) is 0 Å². The number of rotatable bonds is 8. The summed E-state index contributed by atoms with van der Waals surface area (Å²) in [5.74, 6) is 0.427. The van der Waals surface area contributed by atoms with Crippen molar-refractivity contribution >= 4 is 39.3 Å². The monoisotopic (exact) mass is 360 g/mol. The molecular weight excluding hydrogens is 340 g/mol. The van der Waals surface area contributed by atoms with E-state index < -0.39 is 0 Å². The van der Waals surface area contributed by atoms with Crippen molar-refractivity contribution in [2.75, 3.05) is 24.6 Å². The van der Waals surface area contributed by atoms with E-state index in [4.69, 9.17) is 10.5 Å². The maximum absolute atomic E-state index is 11.7. The highest BCUT2D eigenvalue weighted by molar-refractivity contribution is 9.10. The van der Waals surface area contributed by atoms with Crippen molar-refractivity contribution in [3.8, 4) is 0 Å². The van der Waals surface area contributed by atoms with Gasteiger partial charge >= 0.3 is 0 Å². The molecule has 20 heavy (non-hydrogen) atoms. The molecular formula is C14H21BrN2O2S. The molecule has 0 aliphatic carbocycles. The Kier molecular flexibility index (Phi) is 8.02. The molecule has 0 atom stereocenters. The fraction of sp³-hybridized carbons (Fsp3) is 0.500. The van der Waals surface area contributed by atoms with Crippen molar-refractivity contribution < 1.29 is 9.53 Å². The van der Waals surface area contributed by atoms with Gasteiger partial charge in [0.2, 0.25) is 5.91 Å². The molecule has 112 valence electrons. The van der Waals surface area contributed by atoms with E-state index in [-0.39, 0.29) is 12.0 Å². The van der Waals surface area contributed by atoms with E-state index >= 15 is 0 Å². The van der Waals surface area contributed by atoms with Gasteiger partial charge < -0.3 is 15.8 Å². The molecule has 3 N–H and O–H groups in total. The first kappa shape index (κ1) is 17.3. The molecule has 0 saturated heterocycles. The number of carbonyl (C=O) groups is 1. The van der Waals surface area contributed by atoms with Crippen LogP contribution in [0.4, 0.5) is 5.69 Å². The van der Waals surface area contributed by atoms with E-state index in [9.17, 15) is 4.79 Å². The zero-order valence-electron chi connectivity index (χ0n) is 11.8. The van der Waals surface area contributed by atoms with Crippen LogP contribution in [0, 0.1) is 0 Å². The largest absolute Gasteiger partial charge is 0.399 e. The van der Waals surface area contributed by atoms with Gasteiger partial charge in [-0.05, 0) is 54.4 Å². The van der Waals surface area contributed by atoms with Crippen LogP contribution in [-0.4, -0.2) is 30.9 Å². The molecule has 0 heterocycles. The van der Waals surface area contributed by atoms with Crippen molar-refractivity contribution in [1.82, 2.24) is 5.32 Å². The first-order chi connectivity index (χ1) is 9.49. The van der Waals surface area contributed by atoms with Crippen LogP contribution in [0.5, 0.6) is 0 Å². The Hall–Kier alpha value is -0.720. The van der Waals surface area contributed by atoms with E-state index in [1.54, 1.807) is 0 Å². The third-order valence-electron chi connectivity index (χ3n) is 2.41. The lowest BCUT2D eigenvalue weighted by atomic mass is 10.3. The average Bonchev–Trinajstić information content (AvgIpc) is 2.37. The van der Waals surface area contributed by atoms with Gasteiger partial charge in [0, 0.05) is 28.2 Å². The quantitative estimate of drug-likeness (QED) is 0.424. The first-order valence-corrected chi connectivity index (χ1v) is 8.33. The molecule has 0 saturated carbocycles. The maximum Gasteiger partial charge on any atom is 0.230 e. The summed E-state index contributed by atoms with van der Waals surface area (Å²) in [5.41, 5.74) is 6.37. The molecule has 1 rings (SSSR count). The summed E-state index contributed by atoms with van der Waals surface area (Å²) < 4.78 is 6.32. The van der Waals surface area contributed by atoms with E-state index in [1.807, 2.05) is 32.0 Å². The lowest BCUT2D eigenvalue weighted by molar-refractivity contribution is -0.118. The SMILES string of the molecule is CC(C)OCCCNC(=O)CSc1ccc(N)cc1Br.